The van der Waals surface area contributed by atoms with Crippen LogP contribution in [0.25, 0.3) is 21.3 Å². The Labute approximate surface area is 187 Å². The van der Waals surface area contributed by atoms with Crippen molar-refractivity contribution in [2.75, 3.05) is 5.32 Å². The second kappa shape index (κ2) is 8.52. The average Bonchev–Trinajstić information content (AvgIpc) is 3.26. The Kier molecular flexibility index (Phi) is 5.27. The molecule has 3 heterocycles. The van der Waals surface area contributed by atoms with Crippen LogP contribution in [0.3, 0.4) is 0 Å². The highest BCUT2D eigenvalue weighted by atomic mass is 32.1. The Hall–Kier alpha value is -4.17. The molecule has 0 radical (unpaired) electrons. The van der Waals surface area contributed by atoms with E-state index in [1.165, 1.54) is 34.9 Å². The summed E-state index contributed by atoms with van der Waals surface area (Å²) in [4.78, 5) is 24.5. The summed E-state index contributed by atoms with van der Waals surface area (Å²) >= 11 is 1.49. The molecule has 2 aromatic carbocycles. The fraction of sp³-hybridized carbons (Fsp3) is 0.0417. The number of benzene rings is 2. The number of anilines is 2. The fourth-order valence-electron chi connectivity index (χ4n) is 3.55. The highest BCUT2D eigenvalue weighted by molar-refractivity contribution is 7.17. The number of hydrogen-bond acceptors (Lipinski definition) is 7. The number of thiophene rings is 1. The lowest BCUT2D eigenvalue weighted by Gasteiger charge is -2.09. The maximum absolute atomic E-state index is 11.2. The van der Waals surface area contributed by atoms with Gasteiger partial charge in [-0.15, -0.1) is 11.3 Å². The zero-order chi connectivity index (χ0) is 21.9. The van der Waals surface area contributed by atoms with Crippen LogP contribution in [0.1, 0.15) is 11.1 Å². The van der Waals surface area contributed by atoms with E-state index in [0.717, 1.165) is 33.5 Å². The number of nitro benzene ring substituents is 1. The summed E-state index contributed by atoms with van der Waals surface area (Å²) in [6, 6.07) is 18.8. The van der Waals surface area contributed by atoms with Crippen molar-refractivity contribution < 1.29 is 4.92 Å². The first-order chi connectivity index (χ1) is 15.7. The van der Waals surface area contributed by atoms with Crippen molar-refractivity contribution in [2.45, 2.75) is 6.42 Å². The summed E-state index contributed by atoms with van der Waals surface area (Å²) in [6.07, 6.45) is 5.95. The van der Waals surface area contributed by atoms with Crippen molar-refractivity contribution in [3.63, 3.8) is 0 Å². The molecule has 3 aromatic heterocycles. The molecule has 0 amide bonds. The SMILES string of the molecule is O=[N+]([O-])c1cccc(-c2csc3ncnc(Nc4ccc(Cc5ccncc5)cc4)c23)c1. The van der Waals surface area contributed by atoms with Gasteiger partial charge in [-0.2, -0.15) is 0 Å². The van der Waals surface area contributed by atoms with Crippen molar-refractivity contribution in [2.24, 2.45) is 0 Å². The number of hydrogen-bond donors (Lipinski definition) is 1. The Morgan fingerprint density at radius 2 is 1.75 bits per heavy atom. The molecule has 32 heavy (non-hydrogen) atoms. The van der Waals surface area contributed by atoms with Crippen LogP contribution >= 0.6 is 11.3 Å². The van der Waals surface area contributed by atoms with Gasteiger partial charge in [-0.25, -0.2) is 9.97 Å². The largest absolute Gasteiger partial charge is 0.340 e. The predicted octanol–water partition coefficient (Wildman–Crippen LogP) is 6.00. The molecule has 0 unspecified atom stereocenters. The van der Waals surface area contributed by atoms with Crippen LogP contribution in [0, 0.1) is 10.1 Å². The number of nitro groups is 1. The van der Waals surface area contributed by atoms with Crippen LogP contribution < -0.4 is 5.32 Å². The summed E-state index contributed by atoms with van der Waals surface area (Å²) in [5.41, 5.74) is 4.99. The minimum Gasteiger partial charge on any atom is -0.340 e. The molecule has 0 spiro atoms. The summed E-state index contributed by atoms with van der Waals surface area (Å²) in [6.45, 7) is 0. The molecule has 0 atom stereocenters. The van der Waals surface area contributed by atoms with Crippen molar-refractivity contribution in [1.29, 1.82) is 0 Å². The number of pyridine rings is 1. The molecule has 1 N–H and O–H groups in total. The summed E-state index contributed by atoms with van der Waals surface area (Å²) < 4.78 is 0. The van der Waals surface area contributed by atoms with Crippen LogP contribution in [0.5, 0.6) is 0 Å². The molecule has 0 bridgehead atoms. The number of non-ortho nitro benzene ring substituents is 1. The first-order valence-corrected chi connectivity index (χ1v) is 10.8. The highest BCUT2D eigenvalue weighted by Gasteiger charge is 2.15. The normalized spacial score (nSPS) is 10.9. The zero-order valence-electron chi connectivity index (χ0n) is 16.8. The van der Waals surface area contributed by atoms with Crippen molar-refractivity contribution in [3.8, 4) is 11.1 Å². The van der Waals surface area contributed by atoms with Crippen LogP contribution in [0.2, 0.25) is 0 Å². The number of nitrogens with zero attached hydrogens (tertiary/aromatic N) is 4. The second-order valence-corrected chi connectivity index (χ2v) is 8.07. The van der Waals surface area contributed by atoms with E-state index >= 15 is 0 Å². The van der Waals surface area contributed by atoms with Gasteiger partial charge in [-0.1, -0.05) is 24.3 Å². The van der Waals surface area contributed by atoms with E-state index in [4.69, 9.17) is 0 Å². The summed E-state index contributed by atoms with van der Waals surface area (Å²) in [5.74, 6) is 0.666. The number of fused-ring (bicyclic) bond motifs is 1. The molecule has 8 heteroatoms. The Bertz CT molecular complexity index is 1400. The minimum absolute atomic E-state index is 0.0537. The smallest absolute Gasteiger partial charge is 0.270 e. The highest BCUT2D eigenvalue weighted by Crippen LogP contribution is 2.38. The maximum Gasteiger partial charge on any atom is 0.270 e. The molecule has 0 aliphatic heterocycles. The average molecular weight is 440 g/mol. The Balaban J connectivity index is 1.45. The van der Waals surface area contributed by atoms with E-state index in [0.29, 0.717) is 5.82 Å². The number of aromatic nitrogens is 3. The van der Waals surface area contributed by atoms with E-state index < -0.39 is 0 Å². The molecule has 5 aromatic rings. The third kappa shape index (κ3) is 4.03. The summed E-state index contributed by atoms with van der Waals surface area (Å²) in [7, 11) is 0. The van der Waals surface area contributed by atoms with Crippen LogP contribution in [-0.4, -0.2) is 19.9 Å². The van der Waals surface area contributed by atoms with Gasteiger partial charge in [0, 0.05) is 41.2 Å². The lowest BCUT2D eigenvalue weighted by atomic mass is 10.0. The minimum atomic E-state index is -0.388. The first kappa shape index (κ1) is 19.8. The molecule has 0 saturated heterocycles. The van der Waals surface area contributed by atoms with Gasteiger partial charge in [0.2, 0.25) is 0 Å². The fourth-order valence-corrected chi connectivity index (χ4v) is 4.46. The lowest BCUT2D eigenvalue weighted by Crippen LogP contribution is -1.96. The van der Waals surface area contributed by atoms with Crippen LogP contribution in [0.15, 0.2) is 84.8 Å². The quantitative estimate of drug-likeness (QED) is 0.258. The second-order valence-electron chi connectivity index (χ2n) is 7.21. The maximum atomic E-state index is 11.2. The third-order valence-corrected chi connectivity index (χ3v) is 6.00. The third-order valence-electron chi connectivity index (χ3n) is 5.11. The van der Waals surface area contributed by atoms with Crippen molar-refractivity contribution in [3.05, 3.63) is 106 Å². The molecular weight excluding hydrogens is 422 g/mol. The van der Waals surface area contributed by atoms with E-state index in [9.17, 15) is 10.1 Å². The van der Waals surface area contributed by atoms with Crippen molar-refractivity contribution in [1.82, 2.24) is 15.0 Å². The zero-order valence-corrected chi connectivity index (χ0v) is 17.6. The molecule has 5 rings (SSSR count). The van der Waals surface area contributed by atoms with Crippen LogP contribution in [0.4, 0.5) is 17.2 Å². The predicted molar refractivity (Wildman–Crippen MR) is 126 cm³/mol. The Morgan fingerprint density at radius 3 is 2.53 bits per heavy atom. The monoisotopic (exact) mass is 439 g/mol. The number of rotatable bonds is 6. The van der Waals surface area contributed by atoms with Gasteiger partial charge < -0.3 is 5.32 Å². The van der Waals surface area contributed by atoms with Gasteiger partial charge >= 0.3 is 0 Å². The Morgan fingerprint density at radius 1 is 0.969 bits per heavy atom. The van der Waals surface area contributed by atoms with Gasteiger partial charge in [0.1, 0.15) is 17.0 Å². The topological polar surface area (TPSA) is 93.8 Å². The molecule has 0 aliphatic rings. The first-order valence-electron chi connectivity index (χ1n) is 9.89. The van der Waals surface area contributed by atoms with E-state index in [-0.39, 0.29) is 10.6 Å². The van der Waals surface area contributed by atoms with E-state index in [2.05, 4.69) is 32.4 Å². The molecule has 0 saturated carbocycles. The standard InChI is InChI=1S/C24H17N5O2S/c30-29(31)20-3-1-2-18(13-20)21-14-32-24-22(21)23(26-15-27-24)28-19-6-4-16(5-7-19)12-17-8-10-25-11-9-17/h1-11,13-15H,12H2,(H,26,27,28). The molecular formula is C24H17N5O2S. The summed E-state index contributed by atoms with van der Waals surface area (Å²) in [5, 5.41) is 17.4. The van der Waals surface area contributed by atoms with Gasteiger partial charge in [-0.3, -0.25) is 15.1 Å². The van der Waals surface area contributed by atoms with Gasteiger partial charge in [0.25, 0.3) is 5.69 Å². The van der Waals surface area contributed by atoms with Crippen molar-refractivity contribution >= 4 is 38.7 Å². The van der Waals surface area contributed by atoms with E-state index in [1.807, 2.05) is 35.7 Å². The molecule has 0 fully saturated rings. The number of nitrogens with one attached hydrogen (secondary N) is 1. The van der Waals surface area contributed by atoms with Crippen LogP contribution in [-0.2, 0) is 6.42 Å². The molecule has 7 nitrogen and oxygen atoms in total. The lowest BCUT2D eigenvalue weighted by molar-refractivity contribution is -0.384. The van der Waals surface area contributed by atoms with Gasteiger partial charge in [0.15, 0.2) is 0 Å². The van der Waals surface area contributed by atoms with Gasteiger partial charge in [-0.05, 0) is 47.4 Å². The molecule has 0 aliphatic carbocycles. The van der Waals surface area contributed by atoms with Gasteiger partial charge in [0.05, 0.1) is 10.3 Å². The molecule has 156 valence electrons. The van der Waals surface area contributed by atoms with E-state index in [1.54, 1.807) is 24.5 Å².